The van der Waals surface area contributed by atoms with Crippen LogP contribution >= 0.6 is 0 Å². The molecule has 208 valence electrons. The molecule has 0 bridgehead atoms. The van der Waals surface area contributed by atoms with Crippen molar-refractivity contribution < 1.29 is 74.7 Å². The molecule has 2 aliphatic heterocycles. The molecule has 0 amide bonds. The minimum absolute atomic E-state index is 0.243. The third kappa shape index (κ3) is 7.04. The van der Waals surface area contributed by atoms with Crippen LogP contribution in [0.2, 0.25) is 0 Å². The summed E-state index contributed by atoms with van der Waals surface area (Å²) in [5.41, 5.74) is 0. The molecule has 2 heterocycles. The van der Waals surface area contributed by atoms with Crippen LogP contribution in [0.5, 0.6) is 0 Å². The van der Waals surface area contributed by atoms with Crippen molar-refractivity contribution >= 4 is 0 Å². The molecule has 14 atom stereocenters. The summed E-state index contributed by atoms with van der Waals surface area (Å²) < 4.78 is 26.8. The fraction of sp³-hybridized carbons (Fsp3) is 1.00. The molecule has 0 aromatic rings. The molecule has 0 aromatic heterocycles. The zero-order chi connectivity index (χ0) is 26.4. The van der Waals surface area contributed by atoms with E-state index in [4.69, 9.17) is 23.7 Å². The molecule has 2 fully saturated rings. The Bertz CT molecular complexity index is 611. The third-order valence-corrected chi connectivity index (χ3v) is 6.28. The van der Waals surface area contributed by atoms with Gasteiger partial charge >= 0.3 is 0 Å². The number of rotatable bonds is 12. The highest BCUT2D eigenvalue weighted by atomic mass is 16.7. The van der Waals surface area contributed by atoms with E-state index in [1.54, 1.807) is 0 Å². The first-order valence-electron chi connectivity index (χ1n) is 11.2. The van der Waals surface area contributed by atoms with Crippen molar-refractivity contribution in [3.05, 3.63) is 0 Å². The van der Waals surface area contributed by atoms with Crippen molar-refractivity contribution in [2.75, 3.05) is 33.5 Å². The van der Waals surface area contributed by atoms with Gasteiger partial charge < -0.3 is 74.7 Å². The first kappa shape index (κ1) is 30.6. The van der Waals surface area contributed by atoms with Gasteiger partial charge in [-0.25, -0.2) is 0 Å². The van der Waals surface area contributed by atoms with Gasteiger partial charge in [0.2, 0.25) is 0 Å². The molecule has 2 saturated heterocycles. The van der Waals surface area contributed by atoms with E-state index in [0.29, 0.717) is 0 Å². The lowest BCUT2D eigenvalue weighted by molar-refractivity contribution is -0.367. The molecule has 2 rings (SSSR count). The summed E-state index contributed by atoms with van der Waals surface area (Å²) in [7, 11) is 1.31. The lowest BCUT2D eigenvalue weighted by Crippen LogP contribution is -2.65. The summed E-state index contributed by atoms with van der Waals surface area (Å²) in [6, 6.07) is 0. The first-order valence-corrected chi connectivity index (χ1v) is 11.2. The Morgan fingerprint density at radius 3 is 1.86 bits per heavy atom. The Hall–Kier alpha value is -0.600. The molecule has 10 N–H and O–H groups in total. The molecule has 15 nitrogen and oxygen atoms in total. The van der Waals surface area contributed by atoms with Crippen LogP contribution in [0.3, 0.4) is 0 Å². The van der Waals surface area contributed by atoms with Gasteiger partial charge in [-0.3, -0.25) is 0 Å². The second-order valence-corrected chi connectivity index (χ2v) is 8.74. The van der Waals surface area contributed by atoms with Gasteiger partial charge in [0.05, 0.1) is 38.6 Å². The summed E-state index contributed by atoms with van der Waals surface area (Å²) >= 11 is 0. The van der Waals surface area contributed by atoms with E-state index in [0.717, 1.165) is 0 Å². The average molecular weight is 519 g/mol. The van der Waals surface area contributed by atoms with Crippen LogP contribution in [-0.2, 0) is 23.7 Å². The molecular weight excluding hydrogens is 480 g/mol. The predicted octanol–water partition coefficient (Wildman–Crippen LogP) is -6.01. The zero-order valence-electron chi connectivity index (χ0n) is 19.4. The Kier molecular flexibility index (Phi) is 12.1. The maximum atomic E-state index is 10.9. The topological polar surface area (TPSA) is 248 Å². The summed E-state index contributed by atoms with van der Waals surface area (Å²) in [5.74, 6) is -0.898. The minimum atomic E-state index is -1.84. The highest BCUT2D eigenvalue weighted by Gasteiger charge is 2.51. The standard InChI is InChI=1S/C20H38O15/c1-7(8(24)3-21)17(9(25)6-31-2)34-20-16(30)18(13(27)11(5-23)33-20)35-19-15(29)14(28)12(26)10(4-22)32-19/h7-30H,3-6H2,1-2H3/t7?,8-,9-,10?,11?,12?,13?,14?,15?,16?,17?,18?,19?,20?/m1/s1. The van der Waals surface area contributed by atoms with E-state index in [9.17, 15) is 51.1 Å². The van der Waals surface area contributed by atoms with Crippen LogP contribution in [0.25, 0.3) is 0 Å². The molecular formula is C20H38O15. The van der Waals surface area contributed by atoms with Crippen LogP contribution < -0.4 is 0 Å². The Morgan fingerprint density at radius 1 is 0.743 bits per heavy atom. The molecule has 12 unspecified atom stereocenters. The van der Waals surface area contributed by atoms with E-state index in [1.807, 2.05) is 0 Å². The third-order valence-electron chi connectivity index (χ3n) is 6.28. The van der Waals surface area contributed by atoms with E-state index in [-0.39, 0.29) is 6.61 Å². The highest BCUT2D eigenvalue weighted by molar-refractivity contribution is 4.95. The van der Waals surface area contributed by atoms with Gasteiger partial charge in [0.15, 0.2) is 12.6 Å². The lowest BCUT2D eigenvalue weighted by atomic mass is 9.93. The SMILES string of the molecule is COC[C@@H](O)C(OC1OC(CO)C(O)C(OC2OC(CO)C(O)C(O)C2O)C1O)C(C)[C@H](O)CO. The molecule has 2 aliphatic rings. The molecule has 0 radical (unpaired) electrons. The maximum absolute atomic E-state index is 10.9. The summed E-state index contributed by atoms with van der Waals surface area (Å²) in [4.78, 5) is 0. The van der Waals surface area contributed by atoms with Gasteiger partial charge in [0.1, 0.15) is 54.9 Å². The van der Waals surface area contributed by atoms with Crippen LogP contribution in [-0.4, -0.2) is 164 Å². The number of methoxy groups -OCH3 is 1. The second kappa shape index (κ2) is 13.8. The number of hydrogen-bond acceptors (Lipinski definition) is 15. The fourth-order valence-electron chi connectivity index (χ4n) is 4.03. The van der Waals surface area contributed by atoms with Gasteiger partial charge in [-0.05, 0) is 0 Å². The van der Waals surface area contributed by atoms with Crippen molar-refractivity contribution in [3.8, 4) is 0 Å². The fourth-order valence-corrected chi connectivity index (χ4v) is 4.03. The number of aliphatic hydroxyl groups is 10. The predicted molar refractivity (Wildman–Crippen MR) is 111 cm³/mol. The van der Waals surface area contributed by atoms with Crippen LogP contribution in [0, 0.1) is 5.92 Å². The van der Waals surface area contributed by atoms with Crippen molar-refractivity contribution in [2.45, 2.75) is 86.6 Å². The van der Waals surface area contributed by atoms with E-state index in [2.05, 4.69) is 0 Å². The van der Waals surface area contributed by atoms with E-state index >= 15 is 0 Å². The summed E-state index contributed by atoms with van der Waals surface area (Å²) in [5, 5.41) is 100. The molecule has 15 heteroatoms. The van der Waals surface area contributed by atoms with Gasteiger partial charge in [-0.15, -0.1) is 0 Å². The molecule has 0 spiro atoms. The highest BCUT2D eigenvalue weighted by Crippen LogP contribution is 2.31. The molecule has 35 heavy (non-hydrogen) atoms. The van der Waals surface area contributed by atoms with Crippen LogP contribution in [0.15, 0.2) is 0 Å². The number of hydrogen-bond donors (Lipinski definition) is 10. The van der Waals surface area contributed by atoms with Crippen molar-refractivity contribution in [1.82, 2.24) is 0 Å². The van der Waals surface area contributed by atoms with Crippen molar-refractivity contribution in [1.29, 1.82) is 0 Å². The smallest absolute Gasteiger partial charge is 0.187 e. The Balaban J connectivity index is 2.25. The number of aliphatic hydroxyl groups excluding tert-OH is 10. The van der Waals surface area contributed by atoms with Gasteiger partial charge in [0, 0.05) is 13.0 Å². The van der Waals surface area contributed by atoms with Gasteiger partial charge in [0.25, 0.3) is 0 Å². The zero-order valence-corrected chi connectivity index (χ0v) is 19.4. The average Bonchev–Trinajstić information content (AvgIpc) is 2.85. The Morgan fingerprint density at radius 2 is 1.31 bits per heavy atom. The Labute approximate surface area is 201 Å². The van der Waals surface area contributed by atoms with Crippen LogP contribution in [0.4, 0.5) is 0 Å². The second-order valence-electron chi connectivity index (χ2n) is 8.74. The lowest BCUT2D eigenvalue weighted by Gasteiger charge is -2.47. The quantitative estimate of drug-likeness (QED) is 0.115. The van der Waals surface area contributed by atoms with Gasteiger partial charge in [-0.2, -0.15) is 0 Å². The first-order chi connectivity index (χ1) is 16.5. The van der Waals surface area contributed by atoms with Crippen molar-refractivity contribution in [2.24, 2.45) is 5.92 Å². The summed E-state index contributed by atoms with van der Waals surface area (Å²) in [6.45, 7) is -0.941. The van der Waals surface area contributed by atoms with Gasteiger partial charge in [-0.1, -0.05) is 6.92 Å². The maximum Gasteiger partial charge on any atom is 0.187 e. The van der Waals surface area contributed by atoms with E-state index < -0.39 is 105 Å². The summed E-state index contributed by atoms with van der Waals surface area (Å²) in [6.07, 6.45) is -20.5. The molecule has 0 saturated carbocycles. The molecule has 0 aliphatic carbocycles. The van der Waals surface area contributed by atoms with E-state index in [1.165, 1.54) is 14.0 Å². The minimum Gasteiger partial charge on any atom is -0.394 e. The molecule has 0 aromatic carbocycles. The largest absolute Gasteiger partial charge is 0.394 e. The van der Waals surface area contributed by atoms with Crippen LogP contribution in [0.1, 0.15) is 6.92 Å². The normalized spacial score (nSPS) is 41.8. The van der Waals surface area contributed by atoms with Crippen molar-refractivity contribution in [3.63, 3.8) is 0 Å². The monoisotopic (exact) mass is 518 g/mol. The number of ether oxygens (including phenoxy) is 5.